The Bertz CT molecular complexity index is 149. The first-order valence-corrected chi connectivity index (χ1v) is 3.23. The van der Waals surface area contributed by atoms with Crippen LogP contribution in [0.5, 0.6) is 0 Å². The fourth-order valence-electron chi connectivity index (χ4n) is 0.609. The van der Waals surface area contributed by atoms with Gasteiger partial charge in [-0.15, -0.1) is 0 Å². The average molecular weight is 143 g/mol. The lowest BCUT2D eigenvalue weighted by Gasteiger charge is -1.91. The first-order valence-electron chi connectivity index (χ1n) is 2.78. The summed E-state index contributed by atoms with van der Waals surface area (Å²) >= 11 is 3.84. The van der Waals surface area contributed by atoms with Gasteiger partial charge >= 0.3 is 0 Å². The Kier molecular flexibility index (Phi) is 2.60. The largest absolute Gasteiger partial charge is 0.349 e. The van der Waals surface area contributed by atoms with Gasteiger partial charge in [0.1, 0.15) is 5.82 Å². The number of thiol groups is 1. The number of H-pyrrole nitrogens is 1. The Morgan fingerprint density at radius 1 is 1.78 bits per heavy atom. The predicted molar refractivity (Wildman–Crippen MR) is 39.3 cm³/mol. The molecular formula is C5H9N3S. The number of aromatic nitrogens is 2. The SMILES string of the molecule is SNCCc1ncc[nH]1. The molecule has 0 aliphatic heterocycles. The molecule has 0 spiro atoms. The molecule has 0 saturated carbocycles. The van der Waals surface area contributed by atoms with Crippen LogP contribution in [0.4, 0.5) is 0 Å². The Balaban J connectivity index is 2.30. The van der Waals surface area contributed by atoms with Crippen molar-refractivity contribution >= 4 is 12.8 Å². The van der Waals surface area contributed by atoms with Crippen molar-refractivity contribution in [2.45, 2.75) is 6.42 Å². The highest BCUT2D eigenvalue weighted by atomic mass is 32.1. The summed E-state index contributed by atoms with van der Waals surface area (Å²) in [5.41, 5.74) is 0. The molecule has 0 aliphatic rings. The monoisotopic (exact) mass is 143 g/mol. The van der Waals surface area contributed by atoms with Crippen LogP contribution >= 0.6 is 12.8 Å². The zero-order chi connectivity index (χ0) is 6.53. The van der Waals surface area contributed by atoms with Crippen molar-refractivity contribution in [3.8, 4) is 0 Å². The van der Waals surface area contributed by atoms with Crippen molar-refractivity contribution in [2.75, 3.05) is 6.54 Å². The number of aromatic amines is 1. The molecule has 0 atom stereocenters. The molecule has 1 aromatic heterocycles. The van der Waals surface area contributed by atoms with Gasteiger partial charge in [0.05, 0.1) is 0 Å². The highest BCUT2D eigenvalue weighted by Gasteiger charge is 1.90. The van der Waals surface area contributed by atoms with Gasteiger partial charge in [0, 0.05) is 25.4 Å². The van der Waals surface area contributed by atoms with Crippen LogP contribution in [0.1, 0.15) is 5.82 Å². The highest BCUT2D eigenvalue weighted by Crippen LogP contribution is 1.87. The molecule has 50 valence electrons. The Hall–Kier alpha value is -0.480. The van der Waals surface area contributed by atoms with Crippen LogP contribution < -0.4 is 4.72 Å². The molecule has 0 saturated heterocycles. The molecule has 9 heavy (non-hydrogen) atoms. The van der Waals surface area contributed by atoms with Gasteiger partial charge in [0.2, 0.25) is 0 Å². The van der Waals surface area contributed by atoms with Crippen LogP contribution in [0.25, 0.3) is 0 Å². The molecule has 0 amide bonds. The average Bonchev–Trinajstić information content (AvgIpc) is 2.34. The minimum Gasteiger partial charge on any atom is -0.349 e. The van der Waals surface area contributed by atoms with Crippen LogP contribution in [-0.2, 0) is 6.42 Å². The maximum Gasteiger partial charge on any atom is 0.107 e. The van der Waals surface area contributed by atoms with E-state index in [2.05, 4.69) is 27.5 Å². The van der Waals surface area contributed by atoms with Crippen molar-refractivity contribution in [3.05, 3.63) is 18.2 Å². The highest BCUT2D eigenvalue weighted by molar-refractivity contribution is 7.78. The van der Waals surface area contributed by atoms with Crippen molar-refractivity contribution in [1.82, 2.24) is 14.7 Å². The third-order valence-corrected chi connectivity index (χ3v) is 1.25. The zero-order valence-corrected chi connectivity index (χ0v) is 5.86. The lowest BCUT2D eigenvalue weighted by molar-refractivity contribution is 0.857. The van der Waals surface area contributed by atoms with Crippen LogP contribution in [0, 0.1) is 0 Å². The molecule has 0 aliphatic carbocycles. The molecule has 1 aromatic rings. The Morgan fingerprint density at radius 2 is 2.67 bits per heavy atom. The molecule has 4 heteroatoms. The Morgan fingerprint density at radius 3 is 3.22 bits per heavy atom. The lowest BCUT2D eigenvalue weighted by Crippen LogP contribution is -2.05. The third-order valence-electron chi connectivity index (χ3n) is 1.03. The van der Waals surface area contributed by atoms with Gasteiger partial charge in [0.15, 0.2) is 0 Å². The minimum absolute atomic E-state index is 0.844. The number of imidazole rings is 1. The van der Waals surface area contributed by atoms with Crippen LogP contribution in [-0.4, -0.2) is 16.5 Å². The van der Waals surface area contributed by atoms with E-state index in [1.807, 2.05) is 6.20 Å². The fourth-order valence-corrected chi connectivity index (χ4v) is 0.721. The van der Waals surface area contributed by atoms with E-state index in [1.165, 1.54) is 0 Å². The summed E-state index contributed by atoms with van der Waals surface area (Å²) < 4.78 is 2.74. The van der Waals surface area contributed by atoms with Gasteiger partial charge in [-0.3, -0.25) is 4.72 Å². The predicted octanol–water partition coefficient (Wildman–Crippen LogP) is 0.387. The van der Waals surface area contributed by atoms with Gasteiger partial charge < -0.3 is 4.98 Å². The van der Waals surface area contributed by atoms with Gasteiger partial charge in [-0.1, -0.05) is 12.8 Å². The summed E-state index contributed by atoms with van der Waals surface area (Å²) in [5.74, 6) is 0.997. The number of hydrogen-bond acceptors (Lipinski definition) is 3. The van der Waals surface area contributed by atoms with E-state index in [-0.39, 0.29) is 0 Å². The van der Waals surface area contributed by atoms with E-state index < -0.39 is 0 Å². The van der Waals surface area contributed by atoms with E-state index in [0.29, 0.717) is 0 Å². The summed E-state index contributed by atoms with van der Waals surface area (Å²) in [5, 5.41) is 0. The van der Waals surface area contributed by atoms with Crippen LogP contribution in [0.2, 0.25) is 0 Å². The standard InChI is InChI=1S/C5H9N3S/c9-8-2-1-5-6-3-4-7-5/h3-4,8-9H,1-2H2,(H,6,7). The smallest absolute Gasteiger partial charge is 0.107 e. The van der Waals surface area contributed by atoms with Crippen molar-refractivity contribution in [1.29, 1.82) is 0 Å². The maximum atomic E-state index is 4.02. The first kappa shape index (κ1) is 6.64. The van der Waals surface area contributed by atoms with E-state index in [1.54, 1.807) is 6.20 Å². The van der Waals surface area contributed by atoms with Gasteiger partial charge in [0.25, 0.3) is 0 Å². The van der Waals surface area contributed by atoms with Crippen molar-refractivity contribution in [2.24, 2.45) is 0 Å². The third kappa shape index (κ3) is 2.07. The second kappa shape index (κ2) is 3.53. The molecule has 0 aromatic carbocycles. The summed E-state index contributed by atoms with van der Waals surface area (Å²) in [7, 11) is 0. The van der Waals surface area contributed by atoms with E-state index in [4.69, 9.17) is 0 Å². The Labute approximate surface area is 59.4 Å². The normalized spacial score (nSPS) is 9.89. The molecule has 3 nitrogen and oxygen atoms in total. The van der Waals surface area contributed by atoms with E-state index >= 15 is 0 Å². The summed E-state index contributed by atoms with van der Waals surface area (Å²) in [6.07, 6.45) is 4.46. The molecule has 0 fully saturated rings. The lowest BCUT2D eigenvalue weighted by atomic mass is 10.4. The van der Waals surface area contributed by atoms with Gasteiger partial charge in [-0.25, -0.2) is 4.98 Å². The molecule has 2 N–H and O–H groups in total. The van der Waals surface area contributed by atoms with E-state index in [9.17, 15) is 0 Å². The maximum absolute atomic E-state index is 4.02. The first-order chi connectivity index (χ1) is 4.43. The molecule has 0 radical (unpaired) electrons. The quantitative estimate of drug-likeness (QED) is 0.536. The van der Waals surface area contributed by atoms with E-state index in [0.717, 1.165) is 18.8 Å². The second-order valence-corrected chi connectivity index (χ2v) is 2.01. The minimum atomic E-state index is 0.844. The van der Waals surface area contributed by atoms with Crippen molar-refractivity contribution < 1.29 is 0 Å². The number of rotatable bonds is 3. The van der Waals surface area contributed by atoms with Crippen molar-refractivity contribution in [3.63, 3.8) is 0 Å². The molecule has 1 rings (SSSR count). The van der Waals surface area contributed by atoms with Gasteiger partial charge in [-0.05, 0) is 0 Å². The molecule has 1 heterocycles. The summed E-state index contributed by atoms with van der Waals surface area (Å²) in [4.78, 5) is 7.01. The van der Waals surface area contributed by atoms with Crippen LogP contribution in [0.15, 0.2) is 12.4 Å². The number of hydrogen-bond donors (Lipinski definition) is 3. The topological polar surface area (TPSA) is 40.7 Å². The summed E-state index contributed by atoms with van der Waals surface area (Å²) in [6, 6.07) is 0. The zero-order valence-electron chi connectivity index (χ0n) is 4.96. The summed E-state index contributed by atoms with van der Waals surface area (Å²) in [6.45, 7) is 0.844. The fraction of sp³-hybridized carbons (Fsp3) is 0.400. The molecular weight excluding hydrogens is 134 g/mol. The number of nitrogens with zero attached hydrogens (tertiary/aromatic N) is 1. The second-order valence-electron chi connectivity index (χ2n) is 1.69. The van der Waals surface area contributed by atoms with Gasteiger partial charge in [-0.2, -0.15) is 0 Å². The number of nitrogens with one attached hydrogen (secondary N) is 2. The molecule has 0 bridgehead atoms. The molecule has 0 unspecified atom stereocenters. The van der Waals surface area contributed by atoms with Crippen LogP contribution in [0.3, 0.4) is 0 Å².